The van der Waals surface area contributed by atoms with Gasteiger partial charge in [-0.05, 0) is 21.8 Å². The lowest BCUT2D eigenvalue weighted by Gasteiger charge is -2.20. The molecule has 0 aliphatic heterocycles. The zero-order chi connectivity index (χ0) is 12.5. The number of hydrogen-bond acceptors (Lipinski definition) is 3. The van der Waals surface area contributed by atoms with Gasteiger partial charge in [0.05, 0.1) is 10.2 Å². The minimum atomic E-state index is -0.0318. The third kappa shape index (κ3) is 2.73. The van der Waals surface area contributed by atoms with E-state index >= 15 is 0 Å². The van der Waals surface area contributed by atoms with E-state index < -0.39 is 0 Å². The van der Waals surface area contributed by atoms with Crippen molar-refractivity contribution >= 4 is 21.7 Å². The summed E-state index contributed by atoms with van der Waals surface area (Å²) in [5.74, 6) is 2.12. The second kappa shape index (κ2) is 4.70. The first-order chi connectivity index (χ1) is 7.27. The molecule has 0 saturated heterocycles. The molecule has 1 rings (SSSR count). The van der Waals surface area contributed by atoms with E-state index in [-0.39, 0.29) is 5.41 Å². The Hall–Kier alpha value is -0.640. The van der Waals surface area contributed by atoms with E-state index in [0.29, 0.717) is 5.92 Å². The lowest BCUT2D eigenvalue weighted by atomic mass is 9.95. The van der Waals surface area contributed by atoms with Gasteiger partial charge in [0, 0.05) is 12.5 Å². The van der Waals surface area contributed by atoms with Gasteiger partial charge in [0.1, 0.15) is 11.6 Å². The van der Waals surface area contributed by atoms with Gasteiger partial charge >= 0.3 is 0 Å². The maximum Gasteiger partial charge on any atom is 0.144 e. The van der Waals surface area contributed by atoms with Gasteiger partial charge < -0.3 is 5.32 Å². The number of hydrogen-bond donors (Lipinski definition) is 1. The Kier molecular flexibility index (Phi) is 3.94. The molecule has 1 aromatic heterocycles. The molecular weight excluding hydrogens is 266 g/mol. The van der Waals surface area contributed by atoms with Crippen LogP contribution in [0.4, 0.5) is 5.82 Å². The topological polar surface area (TPSA) is 37.8 Å². The summed E-state index contributed by atoms with van der Waals surface area (Å²) in [6, 6.07) is 0. The van der Waals surface area contributed by atoms with Gasteiger partial charge in [-0.25, -0.2) is 9.97 Å². The van der Waals surface area contributed by atoms with E-state index in [0.717, 1.165) is 21.8 Å². The highest BCUT2D eigenvalue weighted by atomic mass is 79.9. The maximum absolute atomic E-state index is 4.65. The van der Waals surface area contributed by atoms with Gasteiger partial charge in [-0.3, -0.25) is 0 Å². The van der Waals surface area contributed by atoms with Crippen molar-refractivity contribution in [2.75, 3.05) is 12.4 Å². The summed E-state index contributed by atoms with van der Waals surface area (Å²) < 4.78 is 0.970. The van der Waals surface area contributed by atoms with Gasteiger partial charge in [0.2, 0.25) is 0 Å². The first-order valence-corrected chi connectivity index (χ1v) is 6.32. The first kappa shape index (κ1) is 13.4. The van der Waals surface area contributed by atoms with Gasteiger partial charge in [-0.1, -0.05) is 34.6 Å². The van der Waals surface area contributed by atoms with Crippen molar-refractivity contribution in [2.45, 2.75) is 46.0 Å². The monoisotopic (exact) mass is 285 g/mol. The molecule has 1 heterocycles. The molecule has 1 aromatic rings. The van der Waals surface area contributed by atoms with E-state index in [2.05, 4.69) is 65.8 Å². The van der Waals surface area contributed by atoms with Crippen molar-refractivity contribution in [3.05, 3.63) is 16.0 Å². The standard InChI is InChI=1S/C12H20BrN3/c1-7(2)9-8(13)10(14-6)16-11(15-9)12(3,4)5/h7H,1-6H3,(H,14,15,16). The van der Waals surface area contributed by atoms with Crippen LogP contribution in [0, 0.1) is 0 Å². The molecule has 0 spiro atoms. The number of anilines is 1. The minimum Gasteiger partial charge on any atom is -0.372 e. The maximum atomic E-state index is 4.65. The van der Waals surface area contributed by atoms with Crippen LogP contribution in [0.5, 0.6) is 0 Å². The van der Waals surface area contributed by atoms with E-state index in [9.17, 15) is 0 Å². The van der Waals surface area contributed by atoms with Crippen LogP contribution in [0.1, 0.15) is 52.1 Å². The highest BCUT2D eigenvalue weighted by Gasteiger charge is 2.22. The molecule has 0 aliphatic carbocycles. The van der Waals surface area contributed by atoms with Crippen molar-refractivity contribution in [2.24, 2.45) is 0 Å². The lowest BCUT2D eigenvalue weighted by molar-refractivity contribution is 0.539. The summed E-state index contributed by atoms with van der Waals surface area (Å²) in [6.45, 7) is 10.7. The molecule has 0 unspecified atom stereocenters. The predicted molar refractivity (Wildman–Crippen MR) is 72.1 cm³/mol. The summed E-state index contributed by atoms with van der Waals surface area (Å²) in [4.78, 5) is 9.19. The van der Waals surface area contributed by atoms with Crippen molar-refractivity contribution in [1.82, 2.24) is 9.97 Å². The number of nitrogens with one attached hydrogen (secondary N) is 1. The van der Waals surface area contributed by atoms with Gasteiger partial charge in [-0.2, -0.15) is 0 Å². The fraction of sp³-hybridized carbons (Fsp3) is 0.667. The largest absolute Gasteiger partial charge is 0.372 e. The van der Waals surface area contributed by atoms with Crippen LogP contribution in [0.15, 0.2) is 4.47 Å². The van der Waals surface area contributed by atoms with Crippen LogP contribution < -0.4 is 5.32 Å². The van der Waals surface area contributed by atoms with Crippen LogP contribution in [-0.4, -0.2) is 17.0 Å². The van der Waals surface area contributed by atoms with Gasteiger partial charge in [0.15, 0.2) is 0 Å². The molecule has 0 atom stereocenters. The molecule has 0 aromatic carbocycles. The highest BCUT2D eigenvalue weighted by molar-refractivity contribution is 9.10. The van der Waals surface area contributed by atoms with Gasteiger partial charge in [-0.15, -0.1) is 0 Å². The molecule has 0 aliphatic rings. The quantitative estimate of drug-likeness (QED) is 0.900. The molecule has 0 fully saturated rings. The third-order valence-corrected chi connectivity index (χ3v) is 3.11. The average Bonchev–Trinajstić information content (AvgIpc) is 2.15. The highest BCUT2D eigenvalue weighted by Crippen LogP contribution is 2.31. The first-order valence-electron chi connectivity index (χ1n) is 5.53. The summed E-state index contributed by atoms with van der Waals surface area (Å²) in [7, 11) is 1.88. The van der Waals surface area contributed by atoms with Crippen LogP contribution in [-0.2, 0) is 5.41 Å². The normalized spacial score (nSPS) is 12.0. The van der Waals surface area contributed by atoms with Crippen molar-refractivity contribution in [3.63, 3.8) is 0 Å². The average molecular weight is 286 g/mol. The molecule has 0 bridgehead atoms. The fourth-order valence-corrected chi connectivity index (χ4v) is 2.18. The molecule has 1 N–H and O–H groups in total. The summed E-state index contributed by atoms with van der Waals surface area (Å²) >= 11 is 3.56. The summed E-state index contributed by atoms with van der Waals surface area (Å²) in [5.41, 5.74) is 1.03. The van der Waals surface area contributed by atoms with Crippen LogP contribution in [0.25, 0.3) is 0 Å². The molecular formula is C12H20BrN3. The third-order valence-electron chi connectivity index (χ3n) is 2.33. The smallest absolute Gasteiger partial charge is 0.144 e. The Labute approximate surface area is 106 Å². The number of halogens is 1. The minimum absolute atomic E-state index is 0.0318. The summed E-state index contributed by atoms with van der Waals surface area (Å²) in [5, 5.41) is 3.11. The van der Waals surface area contributed by atoms with E-state index in [1.807, 2.05) is 7.05 Å². The van der Waals surface area contributed by atoms with Crippen LogP contribution in [0.2, 0.25) is 0 Å². The zero-order valence-electron chi connectivity index (χ0n) is 10.8. The van der Waals surface area contributed by atoms with Crippen molar-refractivity contribution < 1.29 is 0 Å². The molecule has 0 saturated carbocycles. The molecule has 0 amide bonds. The molecule has 3 nitrogen and oxygen atoms in total. The Morgan fingerprint density at radius 3 is 2.12 bits per heavy atom. The lowest BCUT2D eigenvalue weighted by Crippen LogP contribution is -2.19. The predicted octanol–water partition coefficient (Wildman–Crippen LogP) is 3.70. The number of aromatic nitrogens is 2. The van der Waals surface area contributed by atoms with Crippen molar-refractivity contribution in [1.29, 1.82) is 0 Å². The Balaban J connectivity index is 3.40. The molecule has 90 valence electrons. The Morgan fingerprint density at radius 2 is 1.75 bits per heavy atom. The number of rotatable bonds is 2. The van der Waals surface area contributed by atoms with E-state index in [1.54, 1.807) is 0 Å². The Bertz CT molecular complexity index is 381. The van der Waals surface area contributed by atoms with E-state index in [1.165, 1.54) is 0 Å². The SMILES string of the molecule is CNc1nc(C(C)(C)C)nc(C(C)C)c1Br. The molecule has 4 heteroatoms. The van der Waals surface area contributed by atoms with E-state index in [4.69, 9.17) is 0 Å². The second-order valence-electron chi connectivity index (χ2n) is 5.25. The molecule has 16 heavy (non-hydrogen) atoms. The Morgan fingerprint density at radius 1 is 1.19 bits per heavy atom. The zero-order valence-corrected chi connectivity index (χ0v) is 12.4. The van der Waals surface area contributed by atoms with Gasteiger partial charge in [0.25, 0.3) is 0 Å². The second-order valence-corrected chi connectivity index (χ2v) is 6.04. The fourth-order valence-electron chi connectivity index (χ4n) is 1.35. The molecule has 0 radical (unpaired) electrons. The van der Waals surface area contributed by atoms with Crippen LogP contribution >= 0.6 is 15.9 Å². The van der Waals surface area contributed by atoms with Crippen LogP contribution in [0.3, 0.4) is 0 Å². The summed E-state index contributed by atoms with van der Waals surface area (Å²) in [6.07, 6.45) is 0. The van der Waals surface area contributed by atoms with Crippen molar-refractivity contribution in [3.8, 4) is 0 Å². The number of nitrogens with zero attached hydrogens (tertiary/aromatic N) is 2.